The zero-order valence-corrected chi connectivity index (χ0v) is 21.7. The summed E-state index contributed by atoms with van der Waals surface area (Å²) in [6, 6.07) is 10.8. The Labute approximate surface area is 219 Å². The number of methoxy groups -OCH3 is 2. The monoisotopic (exact) mass is 531 g/mol. The number of hydrogen-bond acceptors (Lipinski definition) is 8. The van der Waals surface area contributed by atoms with Gasteiger partial charge in [-0.15, -0.1) is 0 Å². The van der Waals surface area contributed by atoms with Crippen molar-refractivity contribution in [3.63, 3.8) is 0 Å². The maximum atomic E-state index is 13.0. The molecule has 1 aromatic heterocycles. The predicted octanol–water partition coefficient (Wildman–Crippen LogP) is 4.62. The second-order valence-electron chi connectivity index (χ2n) is 7.94. The maximum absolute atomic E-state index is 13.0. The van der Waals surface area contributed by atoms with Gasteiger partial charge in [-0.1, -0.05) is 23.2 Å². The van der Waals surface area contributed by atoms with Crippen LogP contribution < -0.4 is 35.2 Å². The number of hydrogen-bond donors (Lipinski definition) is 3. The van der Waals surface area contributed by atoms with Gasteiger partial charge in [-0.2, -0.15) is 0 Å². The lowest BCUT2D eigenvalue weighted by Crippen LogP contribution is -2.43. The summed E-state index contributed by atoms with van der Waals surface area (Å²) in [5, 5.41) is 9.67. The number of nitrogens with zero attached hydrogens (tertiary/aromatic N) is 4. The first-order chi connectivity index (χ1) is 17.4. The molecule has 10 nitrogen and oxygen atoms in total. The molecule has 2 heterocycles. The summed E-state index contributed by atoms with van der Waals surface area (Å²) < 4.78 is 10.6. The molecular formula is C24H27Cl2N7O3. The minimum atomic E-state index is -0.515. The second-order valence-corrected chi connectivity index (χ2v) is 8.70. The van der Waals surface area contributed by atoms with Crippen molar-refractivity contribution in [2.75, 3.05) is 67.9 Å². The fraction of sp³-hybridized carbons (Fsp3) is 0.292. The summed E-state index contributed by atoms with van der Waals surface area (Å²) in [4.78, 5) is 25.0. The van der Waals surface area contributed by atoms with Crippen molar-refractivity contribution in [3.05, 3.63) is 52.8 Å². The van der Waals surface area contributed by atoms with Crippen LogP contribution in [0.25, 0.3) is 0 Å². The molecular weight excluding hydrogens is 505 g/mol. The van der Waals surface area contributed by atoms with Crippen LogP contribution in [-0.2, 0) is 0 Å². The van der Waals surface area contributed by atoms with E-state index >= 15 is 0 Å². The highest BCUT2D eigenvalue weighted by molar-refractivity contribution is 6.42. The second kappa shape index (κ2) is 11.5. The standard InChI is InChI=1S/C24H27Cl2N7O3/c1-32(23-21(25)17(35-2)12-18(36-3)22(23)26)24(34)31-20-13-19(28-14-29-20)30-15-4-6-16(7-5-15)33-10-8-27-9-11-33/h4-7,12-14,27H,8-11H2,1-3H3,(H2,28,29,30,31,34). The van der Waals surface area contributed by atoms with Crippen LogP contribution in [-0.4, -0.2) is 63.4 Å². The highest BCUT2D eigenvalue weighted by Crippen LogP contribution is 2.45. The van der Waals surface area contributed by atoms with E-state index in [2.05, 4.69) is 43.0 Å². The minimum absolute atomic E-state index is 0.176. The first-order valence-corrected chi connectivity index (χ1v) is 12.0. The van der Waals surface area contributed by atoms with Crippen molar-refractivity contribution in [2.45, 2.75) is 0 Å². The van der Waals surface area contributed by atoms with Gasteiger partial charge in [0.1, 0.15) is 39.5 Å². The lowest BCUT2D eigenvalue weighted by Gasteiger charge is -2.29. The average molecular weight is 532 g/mol. The normalized spacial score (nSPS) is 13.2. The van der Waals surface area contributed by atoms with Crippen molar-refractivity contribution in [1.82, 2.24) is 15.3 Å². The Kier molecular flexibility index (Phi) is 8.19. The van der Waals surface area contributed by atoms with Gasteiger partial charge in [0, 0.05) is 56.7 Å². The van der Waals surface area contributed by atoms with E-state index in [0.717, 1.165) is 31.9 Å². The minimum Gasteiger partial charge on any atom is -0.495 e. The number of halogens is 2. The van der Waals surface area contributed by atoms with E-state index in [1.165, 1.54) is 38.2 Å². The zero-order valence-electron chi connectivity index (χ0n) is 20.1. The molecule has 36 heavy (non-hydrogen) atoms. The summed E-state index contributed by atoms with van der Waals surface area (Å²) in [7, 11) is 4.46. The number of rotatable bonds is 7. The largest absolute Gasteiger partial charge is 0.495 e. The molecule has 1 saturated heterocycles. The molecule has 0 unspecified atom stereocenters. The Bertz CT molecular complexity index is 1190. The third-order valence-corrected chi connectivity index (χ3v) is 6.45. The Morgan fingerprint density at radius 1 is 1.00 bits per heavy atom. The molecule has 0 aliphatic carbocycles. The van der Waals surface area contributed by atoms with Gasteiger partial charge >= 0.3 is 6.03 Å². The number of urea groups is 1. The van der Waals surface area contributed by atoms with Crippen molar-refractivity contribution in [3.8, 4) is 11.5 Å². The third kappa shape index (κ3) is 5.67. The molecule has 2 amide bonds. The lowest BCUT2D eigenvalue weighted by molar-refractivity contribution is 0.258. The van der Waals surface area contributed by atoms with Gasteiger partial charge in [0.25, 0.3) is 0 Å². The summed E-state index contributed by atoms with van der Waals surface area (Å²) >= 11 is 12.9. The molecule has 3 N–H and O–H groups in total. The summed E-state index contributed by atoms with van der Waals surface area (Å²) in [6.45, 7) is 3.92. The molecule has 1 aliphatic rings. The highest BCUT2D eigenvalue weighted by Gasteiger charge is 2.24. The number of anilines is 5. The number of aromatic nitrogens is 2. The van der Waals surface area contributed by atoms with E-state index in [9.17, 15) is 4.79 Å². The molecule has 190 valence electrons. The topological polar surface area (TPSA) is 104 Å². The molecule has 3 aromatic rings. The van der Waals surface area contributed by atoms with Crippen LogP contribution in [0.3, 0.4) is 0 Å². The van der Waals surface area contributed by atoms with Gasteiger partial charge in [-0.05, 0) is 24.3 Å². The fourth-order valence-electron chi connectivity index (χ4n) is 3.78. The molecule has 1 aliphatic heterocycles. The van der Waals surface area contributed by atoms with E-state index in [1.807, 2.05) is 12.1 Å². The van der Waals surface area contributed by atoms with Crippen molar-refractivity contribution in [1.29, 1.82) is 0 Å². The van der Waals surface area contributed by atoms with Crippen LogP contribution in [0.5, 0.6) is 11.5 Å². The number of carbonyl (C=O) groups excluding carboxylic acids is 1. The Hall–Kier alpha value is -3.47. The molecule has 2 aromatic carbocycles. The van der Waals surface area contributed by atoms with Gasteiger partial charge in [-0.3, -0.25) is 10.2 Å². The van der Waals surface area contributed by atoms with E-state index in [-0.39, 0.29) is 15.7 Å². The number of amides is 2. The maximum Gasteiger partial charge on any atom is 0.327 e. The molecule has 0 atom stereocenters. The number of ether oxygens (including phenoxy) is 2. The van der Waals surface area contributed by atoms with Gasteiger partial charge < -0.3 is 25.0 Å². The average Bonchev–Trinajstić information content (AvgIpc) is 2.90. The van der Waals surface area contributed by atoms with Gasteiger partial charge in [-0.25, -0.2) is 14.8 Å². The molecule has 1 fully saturated rings. The quantitative estimate of drug-likeness (QED) is 0.405. The first-order valence-electron chi connectivity index (χ1n) is 11.2. The van der Waals surface area contributed by atoms with E-state index in [1.54, 1.807) is 12.1 Å². The van der Waals surface area contributed by atoms with Gasteiger partial charge in [0.2, 0.25) is 0 Å². The summed E-state index contributed by atoms with van der Waals surface area (Å²) in [5.74, 6) is 1.47. The number of benzene rings is 2. The zero-order chi connectivity index (χ0) is 25.7. The van der Waals surface area contributed by atoms with Crippen LogP contribution >= 0.6 is 23.2 Å². The number of nitrogens with one attached hydrogen (secondary N) is 3. The first kappa shape index (κ1) is 25.6. The lowest BCUT2D eigenvalue weighted by atomic mass is 10.2. The van der Waals surface area contributed by atoms with Crippen LogP contribution in [0.1, 0.15) is 0 Å². The van der Waals surface area contributed by atoms with Crippen molar-refractivity contribution in [2.24, 2.45) is 0 Å². The third-order valence-electron chi connectivity index (χ3n) is 5.71. The van der Waals surface area contributed by atoms with E-state index in [4.69, 9.17) is 32.7 Å². The van der Waals surface area contributed by atoms with Crippen LogP contribution in [0.2, 0.25) is 10.0 Å². The molecule has 0 saturated carbocycles. The fourth-order valence-corrected chi connectivity index (χ4v) is 4.54. The molecule has 4 rings (SSSR count). The van der Waals surface area contributed by atoms with Crippen LogP contribution in [0, 0.1) is 0 Å². The van der Waals surface area contributed by atoms with Crippen LogP contribution in [0.15, 0.2) is 42.7 Å². The highest BCUT2D eigenvalue weighted by atomic mass is 35.5. The summed E-state index contributed by atoms with van der Waals surface area (Å²) in [5.41, 5.74) is 2.28. The number of carbonyl (C=O) groups is 1. The Balaban J connectivity index is 1.46. The Morgan fingerprint density at radius 3 is 2.22 bits per heavy atom. The number of piperazine rings is 1. The smallest absolute Gasteiger partial charge is 0.327 e. The Morgan fingerprint density at radius 2 is 1.61 bits per heavy atom. The molecule has 0 spiro atoms. The molecule has 0 radical (unpaired) electrons. The van der Waals surface area contributed by atoms with Crippen molar-refractivity contribution < 1.29 is 14.3 Å². The summed E-state index contributed by atoms with van der Waals surface area (Å²) in [6.07, 6.45) is 1.36. The predicted molar refractivity (Wildman–Crippen MR) is 144 cm³/mol. The van der Waals surface area contributed by atoms with E-state index < -0.39 is 6.03 Å². The molecule has 12 heteroatoms. The SMILES string of the molecule is COc1cc(OC)c(Cl)c(N(C)C(=O)Nc2cc(Nc3ccc(N4CCNCC4)cc3)ncn2)c1Cl. The van der Waals surface area contributed by atoms with Gasteiger partial charge in [0.05, 0.1) is 19.9 Å². The van der Waals surface area contributed by atoms with Crippen molar-refractivity contribution >= 4 is 57.9 Å². The van der Waals surface area contributed by atoms with Gasteiger partial charge in [0.15, 0.2) is 0 Å². The van der Waals surface area contributed by atoms with E-state index in [0.29, 0.717) is 23.1 Å². The molecule has 0 bridgehead atoms. The van der Waals surface area contributed by atoms with Crippen LogP contribution in [0.4, 0.5) is 33.5 Å².